The van der Waals surface area contributed by atoms with E-state index in [4.69, 9.17) is 4.74 Å². The van der Waals surface area contributed by atoms with E-state index in [1.807, 2.05) is 20.9 Å². The first-order chi connectivity index (χ1) is 8.04. The number of aryl methyl sites for hydroxylation is 1. The van der Waals surface area contributed by atoms with Crippen molar-refractivity contribution < 1.29 is 9.53 Å². The Hall–Kier alpha value is -1.63. The van der Waals surface area contributed by atoms with Gasteiger partial charge in [0.05, 0.1) is 18.7 Å². The molecule has 0 saturated heterocycles. The number of urea groups is 1. The lowest BCUT2D eigenvalue weighted by atomic mass is 10.3. The van der Waals surface area contributed by atoms with Crippen molar-refractivity contribution in [2.75, 3.05) is 13.7 Å². The zero-order valence-electron chi connectivity index (χ0n) is 10.6. The van der Waals surface area contributed by atoms with Gasteiger partial charge in [-0.1, -0.05) is 0 Å². The second kappa shape index (κ2) is 6.19. The summed E-state index contributed by atoms with van der Waals surface area (Å²) in [6.45, 7) is 4.20. The van der Waals surface area contributed by atoms with E-state index in [1.165, 1.54) is 0 Å². The number of nitrogens with one attached hydrogen (secondary N) is 2. The summed E-state index contributed by atoms with van der Waals surface area (Å²) in [5, 5.41) is 13.2. The van der Waals surface area contributed by atoms with Gasteiger partial charge in [-0.05, 0) is 13.8 Å². The van der Waals surface area contributed by atoms with Gasteiger partial charge in [0, 0.05) is 14.2 Å². The Balaban J connectivity index is 2.44. The number of carbonyl (C=O) groups is 1. The van der Waals surface area contributed by atoms with Crippen molar-refractivity contribution in [2.24, 2.45) is 7.05 Å². The molecule has 2 N–H and O–H groups in total. The lowest BCUT2D eigenvalue weighted by Gasteiger charge is -2.17. The van der Waals surface area contributed by atoms with Gasteiger partial charge in [-0.25, -0.2) is 4.79 Å². The second-order valence-corrected chi connectivity index (χ2v) is 4.00. The monoisotopic (exact) mass is 241 g/mol. The van der Waals surface area contributed by atoms with Crippen molar-refractivity contribution in [1.29, 1.82) is 0 Å². The highest BCUT2D eigenvalue weighted by atomic mass is 16.5. The highest BCUT2D eigenvalue weighted by molar-refractivity contribution is 5.74. The molecule has 0 saturated carbocycles. The molecule has 1 aromatic rings. The molecule has 0 aliphatic rings. The molecule has 1 rings (SSSR count). The number of nitrogens with zero attached hydrogens (tertiary/aromatic N) is 3. The molecule has 2 unspecified atom stereocenters. The highest BCUT2D eigenvalue weighted by Crippen LogP contribution is 2.06. The summed E-state index contributed by atoms with van der Waals surface area (Å²) < 4.78 is 6.70. The Bertz CT molecular complexity index is 365. The van der Waals surface area contributed by atoms with Gasteiger partial charge in [0.15, 0.2) is 5.82 Å². The fraction of sp³-hybridized carbons (Fsp3) is 0.700. The lowest BCUT2D eigenvalue weighted by molar-refractivity contribution is 0.170. The summed E-state index contributed by atoms with van der Waals surface area (Å²) in [5.74, 6) is 0.708. The van der Waals surface area contributed by atoms with E-state index >= 15 is 0 Å². The van der Waals surface area contributed by atoms with Gasteiger partial charge in [-0.2, -0.15) is 0 Å². The average Bonchev–Trinajstić information content (AvgIpc) is 2.64. The summed E-state index contributed by atoms with van der Waals surface area (Å²) in [4.78, 5) is 11.6. The summed E-state index contributed by atoms with van der Waals surface area (Å²) >= 11 is 0. The molecule has 7 heteroatoms. The molecular weight excluding hydrogens is 222 g/mol. The van der Waals surface area contributed by atoms with Gasteiger partial charge in [0.2, 0.25) is 0 Å². The third kappa shape index (κ3) is 4.03. The summed E-state index contributed by atoms with van der Waals surface area (Å²) in [7, 11) is 3.43. The van der Waals surface area contributed by atoms with Crippen molar-refractivity contribution in [1.82, 2.24) is 25.4 Å². The molecule has 0 aromatic carbocycles. The predicted octanol–water partition coefficient (Wildman–Crippen LogP) is 0.210. The van der Waals surface area contributed by atoms with Crippen LogP contribution in [0.25, 0.3) is 0 Å². The van der Waals surface area contributed by atoms with Crippen molar-refractivity contribution >= 4 is 6.03 Å². The Morgan fingerprint density at radius 3 is 2.76 bits per heavy atom. The fourth-order valence-corrected chi connectivity index (χ4v) is 1.50. The molecule has 0 spiro atoms. The summed E-state index contributed by atoms with van der Waals surface area (Å²) in [5.41, 5.74) is 0. The van der Waals surface area contributed by atoms with Crippen LogP contribution in [0.2, 0.25) is 0 Å². The summed E-state index contributed by atoms with van der Waals surface area (Å²) in [6, 6.07) is -0.478. The number of aromatic nitrogens is 3. The van der Waals surface area contributed by atoms with Gasteiger partial charge >= 0.3 is 6.03 Å². The van der Waals surface area contributed by atoms with E-state index in [0.29, 0.717) is 12.4 Å². The van der Waals surface area contributed by atoms with E-state index in [2.05, 4.69) is 20.8 Å². The van der Waals surface area contributed by atoms with Crippen LogP contribution in [0.15, 0.2) is 6.33 Å². The number of rotatable bonds is 5. The van der Waals surface area contributed by atoms with E-state index in [1.54, 1.807) is 18.0 Å². The van der Waals surface area contributed by atoms with Gasteiger partial charge in [-0.3, -0.25) is 0 Å². The molecule has 0 aliphatic heterocycles. The second-order valence-electron chi connectivity index (χ2n) is 4.00. The van der Waals surface area contributed by atoms with E-state index in [9.17, 15) is 4.79 Å². The number of hydrogen-bond donors (Lipinski definition) is 2. The molecular formula is C10H19N5O2. The Morgan fingerprint density at radius 1 is 1.53 bits per heavy atom. The first kappa shape index (κ1) is 13.4. The minimum absolute atomic E-state index is 0.0355. The van der Waals surface area contributed by atoms with E-state index in [-0.39, 0.29) is 18.1 Å². The van der Waals surface area contributed by atoms with E-state index < -0.39 is 0 Å². The van der Waals surface area contributed by atoms with Gasteiger partial charge in [0.25, 0.3) is 0 Å². The van der Waals surface area contributed by atoms with Gasteiger partial charge in [-0.15, -0.1) is 10.2 Å². The standard InChI is InChI=1S/C10H19N5O2/c1-7(5-17-4)12-10(16)13-8(2)9-14-11-6-15(9)3/h6-8H,5H2,1-4H3,(H2,12,13,16). The normalized spacial score (nSPS) is 14.1. The minimum atomic E-state index is -0.245. The van der Waals surface area contributed by atoms with Crippen LogP contribution in [0.4, 0.5) is 4.79 Å². The minimum Gasteiger partial charge on any atom is -0.383 e. The molecule has 0 bridgehead atoms. The van der Waals surface area contributed by atoms with Crippen molar-refractivity contribution in [3.63, 3.8) is 0 Å². The summed E-state index contributed by atoms with van der Waals surface area (Å²) in [6.07, 6.45) is 1.60. The first-order valence-electron chi connectivity index (χ1n) is 5.44. The zero-order valence-corrected chi connectivity index (χ0v) is 10.6. The van der Waals surface area contributed by atoms with Crippen LogP contribution >= 0.6 is 0 Å². The Labute approximate surface area is 101 Å². The number of hydrogen-bond acceptors (Lipinski definition) is 4. The van der Waals surface area contributed by atoms with Gasteiger partial charge < -0.3 is 19.9 Å². The van der Waals surface area contributed by atoms with Crippen LogP contribution in [0.5, 0.6) is 0 Å². The largest absolute Gasteiger partial charge is 0.383 e. The smallest absolute Gasteiger partial charge is 0.315 e. The molecule has 0 fully saturated rings. The fourth-order valence-electron chi connectivity index (χ4n) is 1.50. The van der Waals surface area contributed by atoms with Crippen molar-refractivity contribution in [3.8, 4) is 0 Å². The molecule has 0 radical (unpaired) electrons. The molecule has 7 nitrogen and oxygen atoms in total. The molecule has 2 amide bonds. The number of methoxy groups -OCH3 is 1. The maximum absolute atomic E-state index is 11.6. The quantitative estimate of drug-likeness (QED) is 0.772. The molecule has 0 aliphatic carbocycles. The highest BCUT2D eigenvalue weighted by Gasteiger charge is 2.15. The molecule has 2 atom stereocenters. The maximum Gasteiger partial charge on any atom is 0.315 e. The van der Waals surface area contributed by atoms with Crippen molar-refractivity contribution in [3.05, 3.63) is 12.2 Å². The molecule has 96 valence electrons. The predicted molar refractivity (Wildman–Crippen MR) is 62.4 cm³/mol. The maximum atomic E-state index is 11.6. The number of carbonyl (C=O) groups excluding carboxylic acids is 1. The van der Waals surface area contributed by atoms with Crippen LogP contribution in [0, 0.1) is 0 Å². The van der Waals surface area contributed by atoms with E-state index in [0.717, 1.165) is 0 Å². The zero-order chi connectivity index (χ0) is 12.8. The Morgan fingerprint density at radius 2 is 2.24 bits per heavy atom. The lowest BCUT2D eigenvalue weighted by Crippen LogP contribution is -2.43. The van der Waals surface area contributed by atoms with Crippen molar-refractivity contribution in [2.45, 2.75) is 25.9 Å². The third-order valence-corrected chi connectivity index (χ3v) is 2.28. The number of amides is 2. The van der Waals surface area contributed by atoms with Crippen LogP contribution < -0.4 is 10.6 Å². The van der Waals surface area contributed by atoms with Crippen LogP contribution in [-0.4, -0.2) is 40.6 Å². The van der Waals surface area contributed by atoms with Crippen LogP contribution in [0.1, 0.15) is 25.7 Å². The molecule has 1 heterocycles. The SMILES string of the molecule is COCC(C)NC(=O)NC(C)c1nncn1C. The van der Waals surface area contributed by atoms with Gasteiger partial charge in [0.1, 0.15) is 6.33 Å². The first-order valence-corrected chi connectivity index (χ1v) is 5.44. The molecule has 1 aromatic heterocycles. The number of ether oxygens (including phenoxy) is 1. The molecule has 17 heavy (non-hydrogen) atoms. The topological polar surface area (TPSA) is 81.1 Å². The third-order valence-electron chi connectivity index (χ3n) is 2.28. The Kier molecular flexibility index (Phi) is 4.89. The van der Waals surface area contributed by atoms with Crippen LogP contribution in [-0.2, 0) is 11.8 Å². The van der Waals surface area contributed by atoms with Crippen LogP contribution in [0.3, 0.4) is 0 Å². The average molecular weight is 241 g/mol.